The van der Waals surface area contributed by atoms with Crippen LogP contribution in [0.25, 0.3) is 0 Å². The number of alkyl halides is 3. The molecule has 7 heteroatoms. The van der Waals surface area contributed by atoms with Crippen LogP contribution in [0.4, 0.5) is 17.6 Å². The van der Waals surface area contributed by atoms with E-state index in [9.17, 15) is 17.6 Å². The molecule has 0 amide bonds. The molecule has 1 rings (SSSR count). The standard InChI is InChI=1S/C14H18BrF4NO/c1-2-20-11(6-7-21-9-14(17,18)19)8-10-4-3-5-12(16)13(10)15/h3-5,11,20H,2,6-9H2,1H3. The van der Waals surface area contributed by atoms with Gasteiger partial charge in [-0.15, -0.1) is 0 Å². The highest BCUT2D eigenvalue weighted by Gasteiger charge is 2.27. The van der Waals surface area contributed by atoms with E-state index in [4.69, 9.17) is 0 Å². The predicted molar refractivity (Wildman–Crippen MR) is 76.8 cm³/mol. The molecule has 1 unspecified atom stereocenters. The molecule has 0 aliphatic carbocycles. The van der Waals surface area contributed by atoms with Crippen molar-refractivity contribution in [3.8, 4) is 0 Å². The van der Waals surface area contributed by atoms with Gasteiger partial charge in [-0.2, -0.15) is 13.2 Å². The maximum absolute atomic E-state index is 13.4. The van der Waals surface area contributed by atoms with Gasteiger partial charge in [0.25, 0.3) is 0 Å². The molecule has 0 aromatic heterocycles. The highest BCUT2D eigenvalue weighted by atomic mass is 79.9. The third-order valence-electron chi connectivity index (χ3n) is 2.87. The van der Waals surface area contributed by atoms with Gasteiger partial charge in [-0.25, -0.2) is 4.39 Å². The Labute approximate surface area is 130 Å². The monoisotopic (exact) mass is 371 g/mol. The van der Waals surface area contributed by atoms with E-state index in [0.29, 0.717) is 23.9 Å². The highest BCUT2D eigenvalue weighted by molar-refractivity contribution is 9.10. The molecule has 0 aliphatic heterocycles. The molecule has 1 aromatic rings. The molecule has 0 saturated carbocycles. The number of hydrogen-bond acceptors (Lipinski definition) is 2. The summed E-state index contributed by atoms with van der Waals surface area (Å²) in [5.74, 6) is -0.351. The van der Waals surface area contributed by atoms with Gasteiger partial charge in [0, 0.05) is 12.6 Å². The molecule has 0 spiro atoms. The van der Waals surface area contributed by atoms with Crippen LogP contribution in [0.15, 0.2) is 22.7 Å². The lowest BCUT2D eigenvalue weighted by Gasteiger charge is -2.19. The van der Waals surface area contributed by atoms with Crippen molar-refractivity contribution < 1.29 is 22.3 Å². The molecule has 1 N–H and O–H groups in total. The first kappa shape index (κ1) is 18.4. The Morgan fingerprint density at radius 1 is 1.33 bits per heavy atom. The van der Waals surface area contributed by atoms with Gasteiger partial charge in [0.05, 0.1) is 4.47 Å². The van der Waals surface area contributed by atoms with E-state index in [1.807, 2.05) is 6.92 Å². The number of rotatable bonds is 8. The first-order valence-corrected chi connectivity index (χ1v) is 7.43. The van der Waals surface area contributed by atoms with E-state index >= 15 is 0 Å². The van der Waals surface area contributed by atoms with Crippen molar-refractivity contribution in [2.45, 2.75) is 32.0 Å². The Morgan fingerprint density at radius 3 is 2.67 bits per heavy atom. The van der Waals surface area contributed by atoms with Gasteiger partial charge in [-0.05, 0) is 46.9 Å². The van der Waals surface area contributed by atoms with Crippen LogP contribution < -0.4 is 5.32 Å². The van der Waals surface area contributed by atoms with Gasteiger partial charge >= 0.3 is 6.18 Å². The summed E-state index contributed by atoms with van der Waals surface area (Å²) in [6.07, 6.45) is -3.37. The zero-order valence-corrected chi connectivity index (χ0v) is 13.2. The smallest absolute Gasteiger partial charge is 0.372 e. The summed E-state index contributed by atoms with van der Waals surface area (Å²) in [5, 5.41) is 3.17. The summed E-state index contributed by atoms with van der Waals surface area (Å²) in [4.78, 5) is 0. The fraction of sp³-hybridized carbons (Fsp3) is 0.571. The fourth-order valence-electron chi connectivity index (χ4n) is 1.95. The summed E-state index contributed by atoms with van der Waals surface area (Å²) < 4.78 is 54.4. The largest absolute Gasteiger partial charge is 0.411 e. The van der Waals surface area contributed by atoms with Crippen molar-refractivity contribution in [3.63, 3.8) is 0 Å². The molecule has 0 fully saturated rings. The van der Waals surface area contributed by atoms with Crippen LogP contribution in [0.2, 0.25) is 0 Å². The van der Waals surface area contributed by atoms with Gasteiger partial charge in [0.2, 0.25) is 0 Å². The molecular formula is C14H18BrF4NO. The molecule has 1 atom stereocenters. The summed E-state index contributed by atoms with van der Waals surface area (Å²) in [5.41, 5.74) is 0.775. The third-order valence-corrected chi connectivity index (χ3v) is 3.76. The van der Waals surface area contributed by atoms with E-state index < -0.39 is 12.8 Å². The highest BCUT2D eigenvalue weighted by Crippen LogP contribution is 2.22. The summed E-state index contributed by atoms with van der Waals surface area (Å²) in [6, 6.07) is 4.68. The Morgan fingerprint density at radius 2 is 2.05 bits per heavy atom. The maximum atomic E-state index is 13.4. The Kier molecular flexibility index (Phi) is 7.62. The first-order chi connectivity index (χ1) is 9.83. The molecular weight excluding hydrogens is 354 g/mol. The number of likely N-dealkylation sites (N-methyl/N-ethyl adjacent to an activating group) is 1. The van der Waals surface area contributed by atoms with E-state index in [1.165, 1.54) is 6.07 Å². The van der Waals surface area contributed by atoms with Crippen molar-refractivity contribution in [1.82, 2.24) is 5.32 Å². The second kappa shape index (κ2) is 8.70. The summed E-state index contributed by atoms with van der Waals surface area (Å²) >= 11 is 3.18. The van der Waals surface area contributed by atoms with Crippen LogP contribution in [0.1, 0.15) is 18.9 Å². The van der Waals surface area contributed by atoms with Crippen LogP contribution in [-0.4, -0.2) is 32.0 Å². The maximum Gasteiger partial charge on any atom is 0.411 e. The number of ether oxygens (including phenoxy) is 1. The molecule has 0 radical (unpaired) electrons. The van der Waals surface area contributed by atoms with Crippen LogP contribution >= 0.6 is 15.9 Å². The molecule has 0 aliphatic rings. The van der Waals surface area contributed by atoms with E-state index in [2.05, 4.69) is 26.0 Å². The minimum atomic E-state index is -4.31. The quantitative estimate of drug-likeness (QED) is 0.549. The molecule has 120 valence electrons. The van der Waals surface area contributed by atoms with E-state index in [0.717, 1.165) is 5.56 Å². The molecule has 21 heavy (non-hydrogen) atoms. The molecule has 2 nitrogen and oxygen atoms in total. The van der Waals surface area contributed by atoms with Crippen molar-refractivity contribution in [2.24, 2.45) is 0 Å². The van der Waals surface area contributed by atoms with E-state index in [-0.39, 0.29) is 18.5 Å². The third kappa shape index (κ3) is 7.24. The van der Waals surface area contributed by atoms with Crippen molar-refractivity contribution in [1.29, 1.82) is 0 Å². The van der Waals surface area contributed by atoms with Crippen LogP contribution in [0.3, 0.4) is 0 Å². The minimum absolute atomic E-state index is 0.00408. The number of benzene rings is 1. The molecule has 0 heterocycles. The minimum Gasteiger partial charge on any atom is -0.372 e. The zero-order valence-electron chi connectivity index (χ0n) is 11.6. The number of nitrogens with one attached hydrogen (secondary N) is 1. The predicted octanol–water partition coefficient (Wildman–Crippen LogP) is 4.08. The Bertz CT molecular complexity index is 439. The second-order valence-corrected chi connectivity index (χ2v) is 5.42. The van der Waals surface area contributed by atoms with E-state index in [1.54, 1.807) is 12.1 Å². The average Bonchev–Trinajstić information content (AvgIpc) is 2.39. The molecule has 1 aromatic carbocycles. The van der Waals surface area contributed by atoms with Crippen molar-refractivity contribution in [3.05, 3.63) is 34.1 Å². The number of hydrogen-bond donors (Lipinski definition) is 1. The Hall–Kier alpha value is -0.660. The summed E-state index contributed by atoms with van der Waals surface area (Å²) in [7, 11) is 0. The fourth-order valence-corrected chi connectivity index (χ4v) is 2.38. The number of halogens is 5. The van der Waals surface area contributed by atoms with Crippen LogP contribution in [0.5, 0.6) is 0 Å². The van der Waals surface area contributed by atoms with Crippen molar-refractivity contribution >= 4 is 15.9 Å². The lowest BCUT2D eigenvalue weighted by Crippen LogP contribution is -2.32. The lowest BCUT2D eigenvalue weighted by atomic mass is 10.0. The van der Waals surface area contributed by atoms with Crippen molar-refractivity contribution in [2.75, 3.05) is 19.8 Å². The molecule has 0 bridgehead atoms. The van der Waals surface area contributed by atoms with Gasteiger partial charge < -0.3 is 10.1 Å². The molecule has 0 saturated heterocycles. The SMILES string of the molecule is CCNC(CCOCC(F)(F)F)Cc1cccc(F)c1Br. The van der Waals surface area contributed by atoms with Crippen LogP contribution in [0, 0.1) is 5.82 Å². The van der Waals surface area contributed by atoms with Gasteiger partial charge in [0.1, 0.15) is 12.4 Å². The zero-order chi connectivity index (χ0) is 15.9. The average molecular weight is 372 g/mol. The van der Waals surface area contributed by atoms with Gasteiger partial charge in [0.15, 0.2) is 0 Å². The van der Waals surface area contributed by atoms with Gasteiger partial charge in [-0.3, -0.25) is 0 Å². The van der Waals surface area contributed by atoms with Crippen LogP contribution in [-0.2, 0) is 11.2 Å². The topological polar surface area (TPSA) is 21.3 Å². The second-order valence-electron chi connectivity index (χ2n) is 4.63. The first-order valence-electron chi connectivity index (χ1n) is 6.64. The normalized spacial score (nSPS) is 13.4. The summed E-state index contributed by atoms with van der Waals surface area (Å²) in [6.45, 7) is 1.35. The van der Waals surface area contributed by atoms with Gasteiger partial charge in [-0.1, -0.05) is 19.1 Å². The Balaban J connectivity index is 2.51. The lowest BCUT2D eigenvalue weighted by molar-refractivity contribution is -0.174.